The summed E-state index contributed by atoms with van der Waals surface area (Å²) in [4.78, 5) is 19.5. The van der Waals surface area contributed by atoms with Gasteiger partial charge in [-0.25, -0.2) is 4.98 Å². The number of aromatic amines is 1. The van der Waals surface area contributed by atoms with Gasteiger partial charge in [-0.3, -0.25) is 4.79 Å². The van der Waals surface area contributed by atoms with Crippen molar-refractivity contribution in [2.45, 2.75) is 0 Å². The minimum atomic E-state index is -0.154. The zero-order valence-corrected chi connectivity index (χ0v) is 11.4. The lowest BCUT2D eigenvalue weighted by molar-refractivity contribution is 0.102. The van der Waals surface area contributed by atoms with E-state index in [2.05, 4.69) is 31.2 Å². The first kappa shape index (κ1) is 11.9. The van der Waals surface area contributed by atoms with Gasteiger partial charge in [0.05, 0.1) is 5.69 Å². The number of hydrogen-bond donors (Lipinski definition) is 2. The molecule has 2 N–H and O–H groups in total. The van der Waals surface area contributed by atoms with Crippen LogP contribution in [0.3, 0.4) is 0 Å². The topological polar surface area (TPSA) is 57.8 Å². The molecule has 0 atom stereocenters. The zero-order valence-electron chi connectivity index (χ0n) is 9.85. The number of benzene rings is 1. The molecule has 1 amide bonds. The molecule has 0 bridgehead atoms. The smallest absolute Gasteiger partial charge is 0.256 e. The van der Waals surface area contributed by atoms with Crippen LogP contribution in [0.25, 0.3) is 10.9 Å². The maximum atomic E-state index is 12.3. The van der Waals surface area contributed by atoms with Gasteiger partial charge in [0.25, 0.3) is 5.91 Å². The van der Waals surface area contributed by atoms with Crippen molar-refractivity contribution in [3.8, 4) is 0 Å². The van der Waals surface area contributed by atoms with Crippen LogP contribution in [0, 0.1) is 0 Å². The first-order valence-electron chi connectivity index (χ1n) is 5.73. The zero-order chi connectivity index (χ0) is 13.2. The van der Waals surface area contributed by atoms with Crippen LogP contribution >= 0.6 is 15.9 Å². The molecule has 0 aliphatic rings. The van der Waals surface area contributed by atoms with Crippen molar-refractivity contribution < 1.29 is 4.79 Å². The first-order chi connectivity index (χ1) is 9.25. The number of carbonyl (C=O) groups excluding carboxylic acids is 1. The number of rotatable bonds is 2. The van der Waals surface area contributed by atoms with Gasteiger partial charge in [0.15, 0.2) is 0 Å². The molecule has 0 saturated carbocycles. The monoisotopic (exact) mass is 315 g/mol. The van der Waals surface area contributed by atoms with E-state index in [1.807, 2.05) is 24.4 Å². The summed E-state index contributed by atoms with van der Waals surface area (Å²) in [5, 5.41) is 3.75. The lowest BCUT2D eigenvalue weighted by Gasteiger charge is -2.07. The summed E-state index contributed by atoms with van der Waals surface area (Å²) < 4.78 is 0.615. The fourth-order valence-electron chi connectivity index (χ4n) is 1.95. The highest BCUT2D eigenvalue weighted by molar-refractivity contribution is 9.10. The van der Waals surface area contributed by atoms with Gasteiger partial charge in [-0.2, -0.15) is 0 Å². The van der Waals surface area contributed by atoms with Crippen LogP contribution in [0.4, 0.5) is 5.69 Å². The summed E-state index contributed by atoms with van der Waals surface area (Å²) in [5.41, 5.74) is 2.23. The standard InChI is InChI=1S/C14H10BrN3O/c15-13-12(5-2-7-17-13)18-14(19)10-3-1-4-11-9(10)6-8-16-11/h1-8,16H,(H,18,19). The van der Waals surface area contributed by atoms with E-state index in [0.29, 0.717) is 15.9 Å². The van der Waals surface area contributed by atoms with Gasteiger partial charge in [0.1, 0.15) is 4.60 Å². The van der Waals surface area contributed by atoms with Gasteiger partial charge in [0.2, 0.25) is 0 Å². The molecule has 1 aromatic carbocycles. The Morgan fingerprint density at radius 2 is 2.11 bits per heavy atom. The number of amides is 1. The maximum absolute atomic E-state index is 12.3. The number of pyridine rings is 1. The highest BCUT2D eigenvalue weighted by Gasteiger charge is 2.12. The van der Waals surface area contributed by atoms with Crippen LogP contribution in [-0.2, 0) is 0 Å². The predicted octanol–water partition coefficient (Wildman–Crippen LogP) is 3.58. The summed E-state index contributed by atoms with van der Waals surface area (Å²) in [6, 6.07) is 11.1. The second kappa shape index (κ2) is 4.85. The van der Waals surface area contributed by atoms with Crippen LogP contribution < -0.4 is 5.32 Å². The summed E-state index contributed by atoms with van der Waals surface area (Å²) in [6.45, 7) is 0. The lowest BCUT2D eigenvalue weighted by Crippen LogP contribution is -2.12. The molecule has 0 aliphatic heterocycles. The minimum absolute atomic E-state index is 0.154. The molecule has 3 aromatic rings. The van der Waals surface area contributed by atoms with Gasteiger partial charge in [-0.05, 0) is 46.3 Å². The van der Waals surface area contributed by atoms with Crippen LogP contribution in [0.5, 0.6) is 0 Å². The predicted molar refractivity (Wildman–Crippen MR) is 78.2 cm³/mol. The number of nitrogens with zero attached hydrogens (tertiary/aromatic N) is 1. The summed E-state index contributed by atoms with van der Waals surface area (Å²) >= 11 is 3.31. The van der Waals surface area contributed by atoms with Gasteiger partial charge in [-0.1, -0.05) is 6.07 Å². The van der Waals surface area contributed by atoms with Gasteiger partial charge in [-0.15, -0.1) is 0 Å². The van der Waals surface area contributed by atoms with E-state index in [1.54, 1.807) is 24.4 Å². The minimum Gasteiger partial charge on any atom is -0.361 e. The number of halogens is 1. The van der Waals surface area contributed by atoms with Crippen molar-refractivity contribution in [2.75, 3.05) is 5.32 Å². The average molecular weight is 316 g/mol. The van der Waals surface area contributed by atoms with Crippen molar-refractivity contribution in [3.05, 3.63) is 59.0 Å². The van der Waals surface area contributed by atoms with E-state index in [-0.39, 0.29) is 5.91 Å². The Balaban J connectivity index is 1.97. The first-order valence-corrected chi connectivity index (χ1v) is 6.53. The Morgan fingerprint density at radius 1 is 1.21 bits per heavy atom. The third-order valence-corrected chi connectivity index (χ3v) is 3.48. The quantitative estimate of drug-likeness (QED) is 0.710. The summed E-state index contributed by atoms with van der Waals surface area (Å²) in [5.74, 6) is -0.154. The van der Waals surface area contributed by atoms with E-state index >= 15 is 0 Å². The van der Waals surface area contributed by atoms with Crippen molar-refractivity contribution >= 4 is 38.4 Å². The van der Waals surface area contributed by atoms with Gasteiger partial charge >= 0.3 is 0 Å². The summed E-state index contributed by atoms with van der Waals surface area (Å²) in [6.07, 6.45) is 3.48. The highest BCUT2D eigenvalue weighted by atomic mass is 79.9. The van der Waals surface area contributed by atoms with Crippen molar-refractivity contribution in [2.24, 2.45) is 0 Å². The normalized spacial score (nSPS) is 10.6. The number of aromatic nitrogens is 2. The number of H-pyrrole nitrogens is 1. The second-order valence-electron chi connectivity index (χ2n) is 4.04. The molecule has 0 aliphatic carbocycles. The average Bonchev–Trinajstić information content (AvgIpc) is 2.89. The fraction of sp³-hybridized carbons (Fsp3) is 0. The highest BCUT2D eigenvalue weighted by Crippen LogP contribution is 2.22. The third kappa shape index (κ3) is 2.24. The number of carbonyl (C=O) groups is 1. The van der Waals surface area contributed by atoms with E-state index in [0.717, 1.165) is 10.9 Å². The van der Waals surface area contributed by atoms with Gasteiger partial charge < -0.3 is 10.3 Å². The Kier molecular flexibility index (Phi) is 3.05. The van der Waals surface area contributed by atoms with Crippen molar-refractivity contribution in [3.63, 3.8) is 0 Å². The Hall–Kier alpha value is -2.14. The molecule has 0 saturated heterocycles. The molecule has 0 fully saturated rings. The second-order valence-corrected chi connectivity index (χ2v) is 4.79. The molecule has 94 valence electrons. The molecule has 5 heteroatoms. The molecule has 0 radical (unpaired) electrons. The molecule has 19 heavy (non-hydrogen) atoms. The van der Waals surface area contributed by atoms with Crippen LogP contribution in [0.2, 0.25) is 0 Å². The van der Waals surface area contributed by atoms with Crippen LogP contribution in [0.15, 0.2) is 53.4 Å². The Bertz CT molecular complexity index is 751. The Morgan fingerprint density at radius 3 is 2.95 bits per heavy atom. The molecule has 2 heterocycles. The number of nitrogens with one attached hydrogen (secondary N) is 2. The van der Waals surface area contributed by atoms with Crippen molar-refractivity contribution in [1.82, 2.24) is 9.97 Å². The van der Waals surface area contributed by atoms with Crippen LogP contribution in [0.1, 0.15) is 10.4 Å². The van der Waals surface area contributed by atoms with E-state index in [4.69, 9.17) is 0 Å². The molecule has 0 spiro atoms. The maximum Gasteiger partial charge on any atom is 0.256 e. The van der Waals surface area contributed by atoms with E-state index in [9.17, 15) is 4.79 Å². The van der Waals surface area contributed by atoms with Crippen LogP contribution in [-0.4, -0.2) is 15.9 Å². The molecule has 3 rings (SSSR count). The van der Waals surface area contributed by atoms with Gasteiger partial charge in [0, 0.05) is 28.9 Å². The Labute approximate surface area is 118 Å². The number of fused-ring (bicyclic) bond motifs is 1. The van der Waals surface area contributed by atoms with E-state index in [1.165, 1.54) is 0 Å². The molecular formula is C14H10BrN3O. The number of anilines is 1. The lowest BCUT2D eigenvalue weighted by atomic mass is 10.1. The molecule has 0 unspecified atom stereocenters. The fourth-order valence-corrected chi connectivity index (χ4v) is 2.30. The SMILES string of the molecule is O=C(Nc1cccnc1Br)c1cccc2[nH]ccc12. The largest absolute Gasteiger partial charge is 0.361 e. The summed E-state index contributed by atoms with van der Waals surface area (Å²) in [7, 11) is 0. The third-order valence-electron chi connectivity index (χ3n) is 2.85. The molecular weight excluding hydrogens is 306 g/mol. The number of hydrogen-bond acceptors (Lipinski definition) is 2. The van der Waals surface area contributed by atoms with Crippen molar-refractivity contribution in [1.29, 1.82) is 0 Å². The molecule has 4 nitrogen and oxygen atoms in total. The molecule has 2 aromatic heterocycles. The van der Waals surface area contributed by atoms with E-state index < -0.39 is 0 Å².